The topological polar surface area (TPSA) is 12.5 Å². The molecular weight excluding hydrogens is 218 g/mol. The number of thiophene rings is 1. The molecule has 88 valence electrons. The summed E-state index contributed by atoms with van der Waals surface area (Å²) in [6.45, 7) is 4.07. The van der Waals surface area contributed by atoms with Crippen LogP contribution in [0.1, 0.15) is 24.6 Å². The van der Waals surface area contributed by atoms with E-state index >= 15 is 0 Å². The number of anilines is 1. The van der Waals surface area contributed by atoms with E-state index in [0.29, 0.717) is 6.04 Å². The molecule has 0 saturated carbocycles. The summed E-state index contributed by atoms with van der Waals surface area (Å²) in [7, 11) is 1.79. The van der Waals surface area contributed by atoms with E-state index in [1.807, 2.05) is 11.3 Å². The second-order valence-electron chi connectivity index (χ2n) is 4.12. The molecule has 2 heterocycles. The van der Waals surface area contributed by atoms with Crippen molar-refractivity contribution in [3.8, 4) is 0 Å². The standard InChI is InChI=1S/C13H19NOS/c1-3-5-12-7-8-13(16-12)14-9-4-6-11(14)10-15-2/h3,5,7-8,11H,4,6,9-10H2,1-2H3/b5-3+/t11-/m0/s1. The van der Waals surface area contributed by atoms with Crippen molar-refractivity contribution in [1.29, 1.82) is 0 Å². The molecule has 1 aromatic heterocycles. The lowest BCUT2D eigenvalue weighted by atomic mass is 10.2. The molecule has 3 heteroatoms. The Hall–Kier alpha value is -0.800. The van der Waals surface area contributed by atoms with Crippen LogP contribution in [-0.4, -0.2) is 26.3 Å². The highest BCUT2D eigenvalue weighted by Crippen LogP contribution is 2.32. The van der Waals surface area contributed by atoms with Gasteiger partial charge in [0.1, 0.15) is 0 Å². The summed E-state index contributed by atoms with van der Waals surface area (Å²) in [5.41, 5.74) is 0. The van der Waals surface area contributed by atoms with E-state index in [4.69, 9.17) is 4.74 Å². The van der Waals surface area contributed by atoms with Crippen molar-refractivity contribution in [2.24, 2.45) is 0 Å². The number of ether oxygens (including phenoxy) is 1. The highest BCUT2D eigenvalue weighted by atomic mass is 32.1. The van der Waals surface area contributed by atoms with E-state index in [1.54, 1.807) is 7.11 Å². The van der Waals surface area contributed by atoms with Gasteiger partial charge in [-0.15, -0.1) is 11.3 Å². The monoisotopic (exact) mass is 237 g/mol. The second-order valence-corrected chi connectivity index (χ2v) is 5.21. The maximum absolute atomic E-state index is 5.28. The van der Waals surface area contributed by atoms with Gasteiger partial charge in [-0.3, -0.25) is 0 Å². The molecule has 0 unspecified atom stereocenters. The Bertz CT molecular complexity index is 359. The number of hydrogen-bond donors (Lipinski definition) is 0. The summed E-state index contributed by atoms with van der Waals surface area (Å²) < 4.78 is 5.28. The van der Waals surface area contributed by atoms with E-state index in [9.17, 15) is 0 Å². The Morgan fingerprint density at radius 1 is 1.56 bits per heavy atom. The summed E-state index contributed by atoms with van der Waals surface area (Å²) in [4.78, 5) is 3.82. The van der Waals surface area contributed by atoms with Gasteiger partial charge in [0.15, 0.2) is 0 Å². The Morgan fingerprint density at radius 3 is 3.19 bits per heavy atom. The largest absolute Gasteiger partial charge is 0.383 e. The molecule has 1 saturated heterocycles. The predicted octanol–water partition coefficient (Wildman–Crippen LogP) is 3.40. The van der Waals surface area contributed by atoms with E-state index in [-0.39, 0.29) is 0 Å². The lowest BCUT2D eigenvalue weighted by Gasteiger charge is -2.24. The molecule has 1 aliphatic rings. The first-order chi connectivity index (χ1) is 7.85. The zero-order valence-corrected chi connectivity index (χ0v) is 10.8. The van der Waals surface area contributed by atoms with Gasteiger partial charge in [0.25, 0.3) is 0 Å². The van der Waals surface area contributed by atoms with Crippen LogP contribution in [0.4, 0.5) is 5.00 Å². The number of methoxy groups -OCH3 is 1. The Balaban J connectivity index is 2.09. The van der Waals surface area contributed by atoms with Crippen molar-refractivity contribution < 1.29 is 4.74 Å². The van der Waals surface area contributed by atoms with E-state index in [2.05, 4.69) is 36.1 Å². The van der Waals surface area contributed by atoms with Crippen LogP contribution in [0.3, 0.4) is 0 Å². The molecule has 0 N–H and O–H groups in total. The molecule has 0 aliphatic carbocycles. The molecule has 16 heavy (non-hydrogen) atoms. The van der Waals surface area contributed by atoms with Gasteiger partial charge in [-0.05, 0) is 38.0 Å². The lowest BCUT2D eigenvalue weighted by molar-refractivity contribution is 0.181. The average molecular weight is 237 g/mol. The second kappa shape index (κ2) is 5.51. The third kappa shape index (κ3) is 2.47. The first-order valence-corrected chi connectivity index (χ1v) is 6.65. The molecule has 1 fully saturated rings. The summed E-state index contributed by atoms with van der Waals surface area (Å²) in [5.74, 6) is 0. The predicted molar refractivity (Wildman–Crippen MR) is 71.3 cm³/mol. The molecule has 0 radical (unpaired) electrons. The van der Waals surface area contributed by atoms with Crippen molar-refractivity contribution >= 4 is 22.4 Å². The van der Waals surface area contributed by atoms with Crippen LogP contribution in [0, 0.1) is 0 Å². The average Bonchev–Trinajstić information content (AvgIpc) is 2.87. The summed E-state index contributed by atoms with van der Waals surface area (Å²) in [6.07, 6.45) is 6.79. The number of allylic oxidation sites excluding steroid dienone is 1. The van der Waals surface area contributed by atoms with Crippen LogP contribution in [0.25, 0.3) is 6.08 Å². The Kier molecular flexibility index (Phi) is 4.02. The minimum atomic E-state index is 0.571. The summed E-state index contributed by atoms with van der Waals surface area (Å²) >= 11 is 1.87. The smallest absolute Gasteiger partial charge is 0.0918 e. The normalized spacial score (nSPS) is 21.1. The molecule has 0 aromatic carbocycles. The van der Waals surface area contributed by atoms with Gasteiger partial charge >= 0.3 is 0 Å². The van der Waals surface area contributed by atoms with E-state index < -0.39 is 0 Å². The summed E-state index contributed by atoms with van der Waals surface area (Å²) in [5, 5.41) is 1.38. The molecule has 2 nitrogen and oxygen atoms in total. The highest BCUT2D eigenvalue weighted by Gasteiger charge is 2.25. The number of rotatable bonds is 4. The SMILES string of the molecule is C/C=C/c1ccc(N2CCC[C@H]2COC)s1. The maximum Gasteiger partial charge on any atom is 0.0918 e. The lowest BCUT2D eigenvalue weighted by Crippen LogP contribution is -2.31. The number of hydrogen-bond acceptors (Lipinski definition) is 3. The van der Waals surface area contributed by atoms with Crippen LogP contribution in [0.15, 0.2) is 18.2 Å². The van der Waals surface area contributed by atoms with Gasteiger partial charge in [0.05, 0.1) is 17.6 Å². The van der Waals surface area contributed by atoms with Crippen LogP contribution < -0.4 is 4.90 Å². The molecule has 0 bridgehead atoms. The minimum Gasteiger partial charge on any atom is -0.383 e. The van der Waals surface area contributed by atoms with Gasteiger partial charge in [-0.25, -0.2) is 0 Å². The van der Waals surface area contributed by atoms with Crippen molar-refractivity contribution in [1.82, 2.24) is 0 Å². The maximum atomic E-state index is 5.28. The molecule has 0 amide bonds. The summed E-state index contributed by atoms with van der Waals surface area (Å²) in [6, 6.07) is 5.00. The third-order valence-electron chi connectivity index (χ3n) is 2.96. The fourth-order valence-electron chi connectivity index (χ4n) is 2.24. The van der Waals surface area contributed by atoms with Crippen LogP contribution in [-0.2, 0) is 4.74 Å². The van der Waals surface area contributed by atoms with Crippen LogP contribution in [0.2, 0.25) is 0 Å². The zero-order valence-electron chi connectivity index (χ0n) is 9.98. The Labute approximate surface area is 102 Å². The fraction of sp³-hybridized carbons (Fsp3) is 0.538. The van der Waals surface area contributed by atoms with Crippen molar-refractivity contribution in [3.05, 3.63) is 23.1 Å². The molecule has 0 spiro atoms. The van der Waals surface area contributed by atoms with Crippen LogP contribution in [0.5, 0.6) is 0 Å². The molecular formula is C13H19NOS. The zero-order chi connectivity index (χ0) is 11.4. The number of nitrogens with zero attached hydrogens (tertiary/aromatic N) is 1. The van der Waals surface area contributed by atoms with E-state index in [1.165, 1.54) is 29.3 Å². The van der Waals surface area contributed by atoms with Crippen molar-refractivity contribution in [2.45, 2.75) is 25.8 Å². The van der Waals surface area contributed by atoms with Crippen LogP contribution >= 0.6 is 11.3 Å². The quantitative estimate of drug-likeness (QED) is 0.796. The molecule has 2 rings (SSSR count). The molecule has 1 aromatic rings. The fourth-order valence-corrected chi connectivity index (χ4v) is 3.32. The first-order valence-electron chi connectivity index (χ1n) is 5.83. The van der Waals surface area contributed by atoms with Gasteiger partial charge in [0, 0.05) is 18.5 Å². The van der Waals surface area contributed by atoms with Crippen molar-refractivity contribution in [2.75, 3.05) is 25.2 Å². The third-order valence-corrected chi connectivity index (χ3v) is 4.05. The molecule has 1 aliphatic heterocycles. The minimum absolute atomic E-state index is 0.571. The first kappa shape index (κ1) is 11.7. The van der Waals surface area contributed by atoms with Gasteiger partial charge in [-0.2, -0.15) is 0 Å². The van der Waals surface area contributed by atoms with Crippen molar-refractivity contribution in [3.63, 3.8) is 0 Å². The van der Waals surface area contributed by atoms with Gasteiger partial charge < -0.3 is 9.64 Å². The van der Waals surface area contributed by atoms with Gasteiger partial charge in [0.2, 0.25) is 0 Å². The van der Waals surface area contributed by atoms with Gasteiger partial charge in [-0.1, -0.05) is 6.08 Å². The van der Waals surface area contributed by atoms with E-state index in [0.717, 1.165) is 6.61 Å². The molecule has 1 atom stereocenters. The Morgan fingerprint density at radius 2 is 2.44 bits per heavy atom. The highest BCUT2D eigenvalue weighted by molar-refractivity contribution is 7.16.